The Hall–Kier alpha value is -2.12. The number of carbonyl (C=O) groups excluding carboxylic acids is 1. The summed E-state index contributed by atoms with van der Waals surface area (Å²) < 4.78 is 5.45. The van der Waals surface area contributed by atoms with Crippen molar-refractivity contribution in [3.05, 3.63) is 35.9 Å². The largest absolute Gasteiger partial charge is 0.444 e. The predicted octanol–water partition coefficient (Wildman–Crippen LogP) is 2.41. The molecule has 2 rings (SSSR count). The van der Waals surface area contributed by atoms with Crippen molar-refractivity contribution < 1.29 is 14.4 Å². The predicted molar refractivity (Wildman–Crippen MR) is 96.0 cm³/mol. The molecule has 1 aliphatic rings. The van der Waals surface area contributed by atoms with E-state index in [-0.39, 0.29) is 11.9 Å². The van der Waals surface area contributed by atoms with Gasteiger partial charge in [-0.3, -0.25) is 15.1 Å². The molecular formula is C18H28N4O3. The van der Waals surface area contributed by atoms with Crippen LogP contribution in [0.5, 0.6) is 0 Å². The molecular weight excluding hydrogens is 320 g/mol. The minimum Gasteiger partial charge on any atom is -0.444 e. The smallest absolute Gasteiger partial charge is 0.410 e. The third-order valence-corrected chi connectivity index (χ3v) is 3.90. The van der Waals surface area contributed by atoms with Gasteiger partial charge >= 0.3 is 6.09 Å². The van der Waals surface area contributed by atoms with Gasteiger partial charge in [-0.05, 0) is 39.2 Å². The first-order valence-electron chi connectivity index (χ1n) is 8.51. The van der Waals surface area contributed by atoms with E-state index < -0.39 is 17.7 Å². The van der Waals surface area contributed by atoms with Crippen molar-refractivity contribution >= 4 is 11.9 Å². The molecule has 0 spiro atoms. The Kier molecular flexibility index (Phi) is 6.39. The van der Waals surface area contributed by atoms with Crippen molar-refractivity contribution in [2.75, 3.05) is 6.54 Å². The number of hydrogen-bond donors (Lipinski definition) is 3. The first-order valence-corrected chi connectivity index (χ1v) is 8.51. The molecule has 2 atom stereocenters. The van der Waals surface area contributed by atoms with Gasteiger partial charge in [0.05, 0.1) is 18.7 Å². The van der Waals surface area contributed by atoms with Crippen LogP contribution in [0.2, 0.25) is 0 Å². The molecule has 0 unspecified atom stereocenters. The van der Waals surface area contributed by atoms with Gasteiger partial charge in [0.15, 0.2) is 0 Å². The van der Waals surface area contributed by atoms with Crippen LogP contribution < -0.4 is 11.2 Å². The number of nitrogens with zero attached hydrogens (tertiary/aromatic N) is 1. The second-order valence-corrected chi connectivity index (χ2v) is 7.27. The number of nitrogens with one attached hydrogen (secondary N) is 2. The molecule has 1 heterocycles. The number of amides is 1. The van der Waals surface area contributed by atoms with E-state index in [9.17, 15) is 4.79 Å². The van der Waals surface area contributed by atoms with E-state index in [0.29, 0.717) is 19.6 Å². The Labute approximate surface area is 148 Å². The number of likely N-dealkylation sites (tertiary alicyclic amines) is 1. The van der Waals surface area contributed by atoms with Crippen LogP contribution in [-0.4, -0.2) is 41.1 Å². The second-order valence-electron chi connectivity index (χ2n) is 7.27. The van der Waals surface area contributed by atoms with Crippen molar-refractivity contribution in [1.29, 1.82) is 5.41 Å². The van der Waals surface area contributed by atoms with Crippen LogP contribution in [0.15, 0.2) is 30.3 Å². The van der Waals surface area contributed by atoms with Gasteiger partial charge in [0.1, 0.15) is 11.4 Å². The summed E-state index contributed by atoms with van der Waals surface area (Å²) in [5, 5.41) is 7.74. The van der Waals surface area contributed by atoms with Crippen LogP contribution in [0.25, 0.3) is 0 Å². The summed E-state index contributed by atoms with van der Waals surface area (Å²) in [6.07, 6.45) is 0.904. The normalized spacial score (nSPS) is 21.0. The zero-order chi connectivity index (χ0) is 18.4. The van der Waals surface area contributed by atoms with E-state index in [1.54, 1.807) is 0 Å². The van der Waals surface area contributed by atoms with E-state index in [1.807, 2.05) is 51.1 Å². The minimum atomic E-state index is -0.595. The first kappa shape index (κ1) is 19.2. The molecule has 0 radical (unpaired) electrons. The lowest BCUT2D eigenvalue weighted by atomic mass is 9.98. The summed E-state index contributed by atoms with van der Waals surface area (Å²) >= 11 is 0. The van der Waals surface area contributed by atoms with E-state index in [0.717, 1.165) is 12.0 Å². The van der Waals surface area contributed by atoms with Gasteiger partial charge in [0.2, 0.25) is 0 Å². The van der Waals surface area contributed by atoms with Crippen LogP contribution in [0, 0.1) is 5.41 Å². The van der Waals surface area contributed by atoms with Gasteiger partial charge in [-0.15, -0.1) is 0 Å². The molecule has 1 fully saturated rings. The van der Waals surface area contributed by atoms with E-state index >= 15 is 0 Å². The summed E-state index contributed by atoms with van der Waals surface area (Å²) in [4.78, 5) is 19.5. The van der Waals surface area contributed by atoms with Gasteiger partial charge in [-0.2, -0.15) is 5.48 Å². The summed E-state index contributed by atoms with van der Waals surface area (Å²) in [5.41, 5.74) is 9.15. The number of hydroxylamine groups is 1. The molecule has 7 heteroatoms. The average Bonchev–Trinajstić information content (AvgIpc) is 2.54. The number of nitrogens with two attached hydrogens (primary N) is 1. The minimum absolute atomic E-state index is 0.0190. The molecule has 1 aromatic rings. The van der Waals surface area contributed by atoms with Gasteiger partial charge < -0.3 is 10.5 Å². The molecule has 138 valence electrons. The number of amidine groups is 1. The molecule has 0 saturated carbocycles. The lowest BCUT2D eigenvalue weighted by molar-refractivity contribution is -0.0273. The summed E-state index contributed by atoms with van der Waals surface area (Å²) in [7, 11) is 0. The fraction of sp³-hybridized carbons (Fsp3) is 0.556. The molecule has 1 amide bonds. The number of hydrogen-bond acceptors (Lipinski definition) is 5. The molecule has 0 aliphatic carbocycles. The zero-order valence-electron chi connectivity index (χ0n) is 15.1. The van der Waals surface area contributed by atoms with E-state index in [2.05, 4.69) is 5.48 Å². The maximum atomic E-state index is 12.5. The quantitative estimate of drug-likeness (QED) is 0.431. The molecule has 0 aromatic heterocycles. The molecule has 1 saturated heterocycles. The Balaban J connectivity index is 1.91. The van der Waals surface area contributed by atoms with Gasteiger partial charge in [0, 0.05) is 6.54 Å². The first-order chi connectivity index (χ1) is 11.8. The standard InChI is InChI=1S/C18H28N4O3/c1-18(2,3)25-17(23)22-11-14(9-10-15(22)16(19)20)21-24-12-13-7-5-4-6-8-13/h4-8,14-15,21H,9-12H2,1-3H3,(H3,19,20)/t14-,15+/m1/s1. The van der Waals surface area contributed by atoms with E-state index in [4.69, 9.17) is 20.7 Å². The van der Waals surface area contributed by atoms with Gasteiger partial charge in [0.25, 0.3) is 0 Å². The second kappa shape index (κ2) is 8.31. The Morgan fingerprint density at radius 2 is 2.00 bits per heavy atom. The summed E-state index contributed by atoms with van der Waals surface area (Å²) in [6, 6.07) is 9.39. The van der Waals surface area contributed by atoms with Crippen molar-refractivity contribution in [3.8, 4) is 0 Å². The SMILES string of the molecule is CC(C)(C)OC(=O)N1C[C@H](NOCc2ccccc2)CC[C@H]1C(=N)N. The number of benzene rings is 1. The lowest BCUT2D eigenvalue weighted by Crippen LogP contribution is -2.57. The van der Waals surface area contributed by atoms with Crippen molar-refractivity contribution in [3.63, 3.8) is 0 Å². The van der Waals surface area contributed by atoms with Crippen LogP contribution >= 0.6 is 0 Å². The van der Waals surface area contributed by atoms with Gasteiger partial charge in [-0.25, -0.2) is 4.79 Å². The molecule has 25 heavy (non-hydrogen) atoms. The number of rotatable bonds is 5. The van der Waals surface area contributed by atoms with Crippen LogP contribution in [0.4, 0.5) is 4.79 Å². The monoisotopic (exact) mass is 348 g/mol. The fourth-order valence-corrected chi connectivity index (χ4v) is 2.73. The average molecular weight is 348 g/mol. The summed E-state index contributed by atoms with van der Waals surface area (Å²) in [6.45, 7) is 6.27. The maximum absolute atomic E-state index is 12.5. The maximum Gasteiger partial charge on any atom is 0.410 e. The number of carbonyl (C=O) groups is 1. The highest BCUT2D eigenvalue weighted by Crippen LogP contribution is 2.21. The molecule has 4 N–H and O–H groups in total. The highest BCUT2D eigenvalue weighted by molar-refractivity contribution is 5.86. The fourth-order valence-electron chi connectivity index (χ4n) is 2.73. The third-order valence-electron chi connectivity index (χ3n) is 3.90. The van der Waals surface area contributed by atoms with Crippen molar-refractivity contribution in [2.24, 2.45) is 5.73 Å². The van der Waals surface area contributed by atoms with Crippen LogP contribution in [0.1, 0.15) is 39.2 Å². The number of piperidine rings is 1. The highest BCUT2D eigenvalue weighted by Gasteiger charge is 2.36. The van der Waals surface area contributed by atoms with Crippen LogP contribution in [0.3, 0.4) is 0 Å². The molecule has 7 nitrogen and oxygen atoms in total. The Morgan fingerprint density at radius 3 is 2.60 bits per heavy atom. The van der Waals surface area contributed by atoms with E-state index in [1.165, 1.54) is 4.90 Å². The highest BCUT2D eigenvalue weighted by atomic mass is 16.6. The topological polar surface area (TPSA) is 101 Å². The lowest BCUT2D eigenvalue weighted by Gasteiger charge is -2.39. The zero-order valence-corrected chi connectivity index (χ0v) is 15.1. The van der Waals surface area contributed by atoms with Gasteiger partial charge in [-0.1, -0.05) is 30.3 Å². The summed E-state index contributed by atoms with van der Waals surface area (Å²) in [5.74, 6) is -0.0190. The van der Waals surface area contributed by atoms with Crippen molar-refractivity contribution in [1.82, 2.24) is 10.4 Å². The Morgan fingerprint density at radius 1 is 1.32 bits per heavy atom. The molecule has 1 aliphatic heterocycles. The van der Waals surface area contributed by atoms with Crippen LogP contribution in [-0.2, 0) is 16.2 Å². The Bertz CT molecular complexity index is 586. The molecule has 0 bridgehead atoms. The number of ether oxygens (including phenoxy) is 1. The molecule has 1 aromatic carbocycles. The third kappa shape index (κ3) is 6.03. The van der Waals surface area contributed by atoms with Crippen molar-refractivity contribution in [2.45, 2.75) is 57.9 Å².